The van der Waals surface area contributed by atoms with Gasteiger partial charge in [-0.3, -0.25) is 9.59 Å². The lowest BCUT2D eigenvalue weighted by atomic mass is 10.1. The average Bonchev–Trinajstić information content (AvgIpc) is 3.07. The van der Waals surface area contributed by atoms with E-state index in [1.54, 1.807) is 0 Å². The highest BCUT2D eigenvalue weighted by molar-refractivity contribution is 5.76. The molecule has 0 aliphatic carbocycles. The third kappa shape index (κ3) is 33.1. The lowest BCUT2D eigenvalue weighted by Gasteiger charge is -2.23. The maximum absolute atomic E-state index is 13.1. The second kappa shape index (κ2) is 37.7. The topological polar surface area (TPSA) is 70.1 Å². The van der Waals surface area contributed by atoms with Crippen molar-refractivity contribution in [2.75, 3.05) is 45.9 Å². The van der Waals surface area contributed by atoms with Gasteiger partial charge in [-0.15, -0.1) is 0 Å². The van der Waals surface area contributed by atoms with E-state index >= 15 is 0 Å². The molecular formula is C41H82N2O4. The summed E-state index contributed by atoms with van der Waals surface area (Å²) in [6, 6.07) is 0. The lowest BCUT2D eigenvalue weighted by Crippen LogP contribution is -2.32. The number of rotatable bonds is 38. The Hall–Kier alpha value is -1.14. The molecule has 0 aliphatic rings. The maximum Gasteiger partial charge on any atom is 0.305 e. The molecule has 0 unspecified atom stereocenters. The summed E-state index contributed by atoms with van der Waals surface area (Å²) in [5.41, 5.74) is 0. The molecule has 0 aromatic rings. The van der Waals surface area contributed by atoms with Crippen LogP contribution in [0.5, 0.6) is 0 Å². The summed E-state index contributed by atoms with van der Waals surface area (Å²) in [6.07, 6.45) is 33.8. The normalized spacial score (nSPS) is 11.4. The van der Waals surface area contributed by atoms with Crippen LogP contribution in [0.2, 0.25) is 0 Å². The number of aliphatic hydroxyl groups excluding tert-OH is 1. The van der Waals surface area contributed by atoms with Crippen LogP contribution in [0, 0.1) is 0 Å². The molecule has 0 fully saturated rings. The maximum atomic E-state index is 13.1. The number of unbranched alkanes of at least 4 members (excludes halogenated alkanes) is 22. The van der Waals surface area contributed by atoms with Crippen LogP contribution >= 0.6 is 0 Å². The molecule has 0 aromatic heterocycles. The van der Waals surface area contributed by atoms with Crippen LogP contribution in [0.25, 0.3) is 0 Å². The van der Waals surface area contributed by atoms with Crippen molar-refractivity contribution in [3.05, 3.63) is 0 Å². The summed E-state index contributed by atoms with van der Waals surface area (Å²) < 4.78 is 5.41. The van der Waals surface area contributed by atoms with Crippen LogP contribution < -0.4 is 0 Å². The fourth-order valence-corrected chi connectivity index (χ4v) is 6.40. The van der Waals surface area contributed by atoms with Crippen molar-refractivity contribution in [3.8, 4) is 0 Å². The van der Waals surface area contributed by atoms with E-state index in [4.69, 9.17) is 4.74 Å². The molecule has 0 saturated heterocycles. The molecule has 0 heterocycles. The summed E-state index contributed by atoms with van der Waals surface area (Å²) in [4.78, 5) is 29.7. The molecule has 0 spiro atoms. The van der Waals surface area contributed by atoms with E-state index in [0.29, 0.717) is 25.4 Å². The van der Waals surface area contributed by atoms with Gasteiger partial charge < -0.3 is 19.6 Å². The molecule has 0 aromatic carbocycles. The van der Waals surface area contributed by atoms with Crippen molar-refractivity contribution < 1.29 is 19.4 Å². The third-order valence-corrected chi connectivity index (χ3v) is 9.56. The molecule has 0 atom stereocenters. The van der Waals surface area contributed by atoms with Crippen molar-refractivity contribution in [2.24, 2.45) is 0 Å². The van der Waals surface area contributed by atoms with Crippen LogP contribution in [-0.4, -0.2) is 72.7 Å². The van der Waals surface area contributed by atoms with Gasteiger partial charge in [-0.2, -0.15) is 0 Å². The third-order valence-electron chi connectivity index (χ3n) is 9.56. The SMILES string of the molecule is CCCCCCCCCOC(=O)CCCCCN(CCO)CCCCCCCC(=O)N(CCCCCCCC)CCCCCCCC. The Morgan fingerprint density at radius 1 is 0.447 bits per heavy atom. The van der Waals surface area contributed by atoms with Gasteiger partial charge in [0.15, 0.2) is 0 Å². The van der Waals surface area contributed by atoms with E-state index < -0.39 is 0 Å². The number of amides is 1. The van der Waals surface area contributed by atoms with Gasteiger partial charge in [0.25, 0.3) is 0 Å². The fourth-order valence-electron chi connectivity index (χ4n) is 6.40. The molecule has 0 rings (SSSR count). The zero-order valence-corrected chi connectivity index (χ0v) is 32.0. The number of aliphatic hydroxyl groups is 1. The van der Waals surface area contributed by atoms with Gasteiger partial charge in [-0.25, -0.2) is 0 Å². The fraction of sp³-hybridized carbons (Fsp3) is 0.951. The number of ether oxygens (including phenoxy) is 1. The van der Waals surface area contributed by atoms with Crippen LogP contribution in [0.3, 0.4) is 0 Å². The molecule has 6 nitrogen and oxygen atoms in total. The average molecular weight is 667 g/mol. The Morgan fingerprint density at radius 3 is 1.32 bits per heavy atom. The lowest BCUT2D eigenvalue weighted by molar-refractivity contribution is -0.144. The minimum atomic E-state index is -0.0479. The first-order valence-electron chi connectivity index (χ1n) is 20.9. The van der Waals surface area contributed by atoms with E-state index in [2.05, 4.69) is 30.6 Å². The minimum absolute atomic E-state index is 0.0479. The smallest absolute Gasteiger partial charge is 0.305 e. The summed E-state index contributed by atoms with van der Waals surface area (Å²) in [5, 5.41) is 9.52. The highest BCUT2D eigenvalue weighted by atomic mass is 16.5. The first kappa shape index (κ1) is 45.9. The summed E-state index contributed by atoms with van der Waals surface area (Å²) >= 11 is 0. The zero-order valence-electron chi connectivity index (χ0n) is 32.0. The zero-order chi connectivity index (χ0) is 34.5. The molecule has 0 bridgehead atoms. The van der Waals surface area contributed by atoms with E-state index in [1.807, 2.05) is 0 Å². The minimum Gasteiger partial charge on any atom is -0.466 e. The number of carbonyl (C=O) groups is 2. The van der Waals surface area contributed by atoms with E-state index in [0.717, 1.165) is 96.9 Å². The quantitative estimate of drug-likeness (QED) is 0.0524. The van der Waals surface area contributed by atoms with Crippen LogP contribution in [0.1, 0.15) is 207 Å². The molecule has 280 valence electrons. The molecule has 47 heavy (non-hydrogen) atoms. The predicted octanol–water partition coefficient (Wildman–Crippen LogP) is 11.0. The van der Waals surface area contributed by atoms with Crippen molar-refractivity contribution >= 4 is 11.9 Å². The molecular weight excluding hydrogens is 584 g/mol. The van der Waals surface area contributed by atoms with Crippen LogP contribution in [0.15, 0.2) is 0 Å². The highest BCUT2D eigenvalue weighted by Crippen LogP contribution is 2.13. The Morgan fingerprint density at radius 2 is 0.830 bits per heavy atom. The first-order chi connectivity index (χ1) is 23.1. The highest BCUT2D eigenvalue weighted by Gasteiger charge is 2.13. The van der Waals surface area contributed by atoms with Crippen molar-refractivity contribution in [3.63, 3.8) is 0 Å². The van der Waals surface area contributed by atoms with E-state index in [9.17, 15) is 14.7 Å². The van der Waals surface area contributed by atoms with Gasteiger partial charge in [0, 0.05) is 32.5 Å². The predicted molar refractivity (Wildman–Crippen MR) is 202 cm³/mol. The number of hydrogen-bond acceptors (Lipinski definition) is 5. The van der Waals surface area contributed by atoms with Crippen molar-refractivity contribution in [1.82, 2.24) is 9.80 Å². The second-order valence-corrected chi connectivity index (χ2v) is 14.2. The summed E-state index contributed by atoms with van der Waals surface area (Å²) in [6.45, 7) is 12.2. The number of carbonyl (C=O) groups excluding carboxylic acids is 2. The Balaban J connectivity index is 4.02. The summed E-state index contributed by atoms with van der Waals surface area (Å²) in [5.74, 6) is 0.330. The second-order valence-electron chi connectivity index (χ2n) is 14.2. The number of hydrogen-bond donors (Lipinski definition) is 1. The Kier molecular flexibility index (Phi) is 36.8. The van der Waals surface area contributed by atoms with Gasteiger partial charge in [0.05, 0.1) is 13.2 Å². The molecule has 0 saturated carbocycles. The Labute approximate surface area is 293 Å². The monoisotopic (exact) mass is 667 g/mol. The van der Waals surface area contributed by atoms with Gasteiger partial charge >= 0.3 is 5.97 Å². The Bertz CT molecular complexity index is 643. The molecule has 0 radical (unpaired) electrons. The van der Waals surface area contributed by atoms with Crippen molar-refractivity contribution in [1.29, 1.82) is 0 Å². The van der Waals surface area contributed by atoms with Gasteiger partial charge in [-0.1, -0.05) is 149 Å². The van der Waals surface area contributed by atoms with Gasteiger partial charge in [-0.05, 0) is 58.0 Å². The largest absolute Gasteiger partial charge is 0.466 e. The van der Waals surface area contributed by atoms with Crippen molar-refractivity contribution in [2.45, 2.75) is 207 Å². The van der Waals surface area contributed by atoms with Crippen LogP contribution in [-0.2, 0) is 14.3 Å². The molecule has 1 amide bonds. The van der Waals surface area contributed by atoms with Gasteiger partial charge in [0.1, 0.15) is 0 Å². The summed E-state index contributed by atoms with van der Waals surface area (Å²) in [7, 11) is 0. The van der Waals surface area contributed by atoms with Gasteiger partial charge in [0.2, 0.25) is 5.91 Å². The molecule has 6 heteroatoms. The number of esters is 1. The number of nitrogens with zero attached hydrogens (tertiary/aromatic N) is 2. The first-order valence-corrected chi connectivity index (χ1v) is 20.9. The molecule has 1 N–H and O–H groups in total. The molecule has 0 aliphatic heterocycles. The standard InChI is InChI=1S/C41H82N2O4/c1-4-7-10-13-16-22-30-39-47-41(46)32-25-23-27-34-42(37-38-44)33-26-19-17-18-24-31-40(45)43(35-28-20-14-11-8-5-2)36-29-21-15-12-9-6-3/h44H,4-39H2,1-3H3. The van der Waals surface area contributed by atoms with E-state index in [1.165, 1.54) is 109 Å². The van der Waals surface area contributed by atoms with E-state index in [-0.39, 0.29) is 12.6 Å². The van der Waals surface area contributed by atoms with Crippen LogP contribution in [0.4, 0.5) is 0 Å².